The molecule has 1 unspecified atom stereocenters. The first kappa shape index (κ1) is 15.1. The molecule has 1 atom stereocenters. The van der Waals surface area contributed by atoms with Crippen LogP contribution in [-0.2, 0) is 17.8 Å². The predicted octanol–water partition coefficient (Wildman–Crippen LogP) is 1.72. The molecule has 0 saturated heterocycles. The smallest absolute Gasteiger partial charge is 0.390 e. The van der Waals surface area contributed by atoms with Gasteiger partial charge in [-0.3, -0.25) is 4.79 Å². The van der Waals surface area contributed by atoms with E-state index >= 15 is 0 Å². The average Bonchev–Trinajstić information content (AvgIpc) is 3.02. The summed E-state index contributed by atoms with van der Waals surface area (Å²) in [6.45, 7) is -0.0595. The topological polar surface area (TPSA) is 94.2 Å². The summed E-state index contributed by atoms with van der Waals surface area (Å²) in [5.74, 6) is -0.644. The SMILES string of the molecule is CN(C(=O)Cn1cnc([N+](=O)[O-])n1)C1CCCc2ccccc21. The van der Waals surface area contributed by atoms with E-state index in [1.807, 2.05) is 12.1 Å². The Labute approximate surface area is 132 Å². The van der Waals surface area contributed by atoms with Gasteiger partial charge in [0.05, 0.1) is 6.04 Å². The van der Waals surface area contributed by atoms with Crippen molar-refractivity contribution < 1.29 is 9.72 Å². The van der Waals surface area contributed by atoms with E-state index in [0.29, 0.717) is 0 Å². The van der Waals surface area contributed by atoms with Crippen molar-refractivity contribution in [1.82, 2.24) is 19.7 Å². The summed E-state index contributed by atoms with van der Waals surface area (Å²) in [5, 5.41) is 14.3. The Morgan fingerprint density at radius 3 is 3.00 bits per heavy atom. The van der Waals surface area contributed by atoms with E-state index in [0.717, 1.165) is 19.3 Å². The van der Waals surface area contributed by atoms with Gasteiger partial charge in [0.1, 0.15) is 6.54 Å². The maximum Gasteiger partial charge on any atom is 0.490 e. The zero-order valence-electron chi connectivity index (χ0n) is 12.8. The first-order valence-corrected chi connectivity index (χ1v) is 7.43. The third-order valence-electron chi connectivity index (χ3n) is 4.18. The normalized spacial score (nSPS) is 16.7. The zero-order valence-corrected chi connectivity index (χ0v) is 12.8. The molecule has 1 heterocycles. The van der Waals surface area contributed by atoms with Gasteiger partial charge in [-0.05, 0) is 35.3 Å². The standard InChI is InChI=1S/C15H17N5O3/c1-18(13-8-4-6-11-5-2-3-7-12(11)13)14(21)9-19-10-16-15(17-19)20(22)23/h2-3,5,7,10,13H,4,6,8-9H2,1H3. The van der Waals surface area contributed by atoms with Crippen molar-refractivity contribution in [1.29, 1.82) is 0 Å². The fourth-order valence-electron chi connectivity index (χ4n) is 3.00. The number of fused-ring (bicyclic) bond motifs is 1. The van der Waals surface area contributed by atoms with Gasteiger partial charge in [0.25, 0.3) is 0 Å². The summed E-state index contributed by atoms with van der Waals surface area (Å²) in [7, 11) is 1.76. The van der Waals surface area contributed by atoms with Crippen LogP contribution in [0.3, 0.4) is 0 Å². The first-order chi connectivity index (χ1) is 11.1. The number of aryl methyl sites for hydroxylation is 1. The quantitative estimate of drug-likeness (QED) is 0.632. The summed E-state index contributed by atoms with van der Waals surface area (Å²) in [6.07, 6.45) is 4.19. The molecule has 1 amide bonds. The van der Waals surface area contributed by atoms with Crippen molar-refractivity contribution in [3.05, 3.63) is 51.8 Å². The molecule has 23 heavy (non-hydrogen) atoms. The van der Waals surface area contributed by atoms with Gasteiger partial charge in [0, 0.05) is 12.1 Å². The van der Waals surface area contributed by atoms with E-state index in [1.165, 1.54) is 22.1 Å². The largest absolute Gasteiger partial charge is 0.490 e. The highest BCUT2D eigenvalue weighted by molar-refractivity contribution is 5.76. The van der Waals surface area contributed by atoms with E-state index in [-0.39, 0.29) is 18.5 Å². The molecule has 0 fully saturated rings. The van der Waals surface area contributed by atoms with Crippen LogP contribution in [0.15, 0.2) is 30.6 Å². The third kappa shape index (κ3) is 3.05. The summed E-state index contributed by atoms with van der Waals surface area (Å²) in [6, 6.07) is 8.18. The highest BCUT2D eigenvalue weighted by Crippen LogP contribution is 2.33. The minimum Gasteiger partial charge on any atom is -0.390 e. The van der Waals surface area contributed by atoms with E-state index < -0.39 is 10.9 Å². The van der Waals surface area contributed by atoms with Crippen LogP contribution in [0.5, 0.6) is 0 Å². The lowest BCUT2D eigenvalue weighted by atomic mass is 9.87. The number of carbonyl (C=O) groups is 1. The van der Waals surface area contributed by atoms with E-state index in [4.69, 9.17) is 0 Å². The lowest BCUT2D eigenvalue weighted by molar-refractivity contribution is -0.394. The molecule has 8 nitrogen and oxygen atoms in total. The molecule has 0 spiro atoms. The van der Waals surface area contributed by atoms with E-state index in [1.54, 1.807) is 11.9 Å². The molecule has 1 aliphatic carbocycles. The number of hydrogen-bond donors (Lipinski definition) is 0. The number of likely N-dealkylation sites (N-methyl/N-ethyl adjacent to an activating group) is 1. The first-order valence-electron chi connectivity index (χ1n) is 7.43. The van der Waals surface area contributed by atoms with Gasteiger partial charge in [0.15, 0.2) is 0 Å². The summed E-state index contributed by atoms with van der Waals surface area (Å²) in [4.78, 5) is 27.6. The lowest BCUT2D eigenvalue weighted by Gasteiger charge is -2.33. The molecule has 0 aliphatic heterocycles. The van der Waals surface area contributed by atoms with Crippen molar-refractivity contribution in [2.75, 3.05) is 7.05 Å². The number of aromatic nitrogens is 3. The highest BCUT2D eigenvalue weighted by Gasteiger charge is 2.27. The number of rotatable bonds is 4. The van der Waals surface area contributed by atoms with Crippen LogP contribution in [0.2, 0.25) is 0 Å². The molecule has 3 rings (SSSR count). The Kier molecular flexibility index (Phi) is 4.05. The summed E-state index contributed by atoms with van der Waals surface area (Å²) >= 11 is 0. The number of benzene rings is 1. The van der Waals surface area contributed by atoms with Gasteiger partial charge in [-0.15, -0.1) is 0 Å². The predicted molar refractivity (Wildman–Crippen MR) is 81.6 cm³/mol. The number of nitrogens with zero attached hydrogens (tertiary/aromatic N) is 5. The second-order valence-corrected chi connectivity index (χ2v) is 5.61. The molecule has 0 N–H and O–H groups in total. The van der Waals surface area contributed by atoms with Crippen LogP contribution >= 0.6 is 0 Å². The van der Waals surface area contributed by atoms with Crippen molar-refractivity contribution >= 4 is 11.9 Å². The Balaban J connectivity index is 1.74. The molecule has 2 aromatic rings. The third-order valence-corrected chi connectivity index (χ3v) is 4.18. The van der Waals surface area contributed by atoms with Gasteiger partial charge in [-0.2, -0.15) is 4.68 Å². The van der Waals surface area contributed by atoms with E-state index in [9.17, 15) is 14.9 Å². The van der Waals surface area contributed by atoms with Crippen LogP contribution in [0.4, 0.5) is 5.95 Å². The fourth-order valence-corrected chi connectivity index (χ4v) is 3.00. The monoisotopic (exact) mass is 315 g/mol. The maximum atomic E-state index is 12.5. The Bertz CT molecular complexity index is 742. The fraction of sp³-hybridized carbons (Fsp3) is 0.400. The maximum absolute atomic E-state index is 12.5. The van der Waals surface area contributed by atoms with Gasteiger partial charge in [0.2, 0.25) is 12.2 Å². The van der Waals surface area contributed by atoms with Gasteiger partial charge >= 0.3 is 5.95 Å². The number of amides is 1. The molecule has 8 heteroatoms. The number of nitro groups is 1. The summed E-state index contributed by atoms with van der Waals surface area (Å²) in [5.41, 5.74) is 2.46. The van der Waals surface area contributed by atoms with Crippen molar-refractivity contribution in [3.8, 4) is 0 Å². The minimum atomic E-state index is -0.679. The molecule has 1 aromatic heterocycles. The Morgan fingerprint density at radius 2 is 2.26 bits per heavy atom. The van der Waals surface area contributed by atoms with Crippen LogP contribution in [0, 0.1) is 10.1 Å². The average molecular weight is 315 g/mol. The number of hydrogen-bond acceptors (Lipinski definition) is 5. The van der Waals surface area contributed by atoms with Crippen LogP contribution < -0.4 is 0 Å². The molecule has 120 valence electrons. The lowest BCUT2D eigenvalue weighted by Crippen LogP contribution is -2.35. The Hall–Kier alpha value is -2.77. The molecule has 1 aliphatic rings. The van der Waals surface area contributed by atoms with Crippen molar-refractivity contribution in [2.45, 2.75) is 31.8 Å². The number of carbonyl (C=O) groups excluding carboxylic acids is 1. The van der Waals surface area contributed by atoms with Gasteiger partial charge < -0.3 is 15.0 Å². The van der Waals surface area contributed by atoms with Crippen molar-refractivity contribution in [2.24, 2.45) is 0 Å². The molecule has 0 bridgehead atoms. The highest BCUT2D eigenvalue weighted by atomic mass is 16.6. The van der Waals surface area contributed by atoms with Gasteiger partial charge in [-0.25, -0.2) is 0 Å². The van der Waals surface area contributed by atoms with Crippen molar-refractivity contribution in [3.63, 3.8) is 0 Å². The molecule has 0 radical (unpaired) electrons. The molecular formula is C15H17N5O3. The van der Waals surface area contributed by atoms with Crippen LogP contribution in [0.25, 0.3) is 0 Å². The van der Waals surface area contributed by atoms with Gasteiger partial charge in [-0.1, -0.05) is 29.2 Å². The minimum absolute atomic E-state index is 0.0333. The Morgan fingerprint density at radius 1 is 1.48 bits per heavy atom. The second kappa shape index (κ2) is 6.15. The second-order valence-electron chi connectivity index (χ2n) is 5.61. The molecular weight excluding hydrogens is 298 g/mol. The van der Waals surface area contributed by atoms with E-state index in [2.05, 4.69) is 22.2 Å². The molecule has 0 saturated carbocycles. The molecule has 1 aromatic carbocycles. The zero-order chi connectivity index (χ0) is 16.4. The van der Waals surface area contributed by atoms with Crippen LogP contribution in [-0.4, -0.2) is 37.5 Å². The van der Waals surface area contributed by atoms with Crippen LogP contribution in [0.1, 0.15) is 30.0 Å². The summed E-state index contributed by atoms with van der Waals surface area (Å²) < 4.78 is 1.20.